The maximum atomic E-state index is 13.1. The van der Waals surface area contributed by atoms with E-state index in [2.05, 4.69) is 15.2 Å². The van der Waals surface area contributed by atoms with Gasteiger partial charge in [-0.3, -0.25) is 9.36 Å². The van der Waals surface area contributed by atoms with E-state index in [1.165, 1.54) is 48.5 Å². The highest BCUT2D eigenvalue weighted by atomic mass is 35.5. The predicted molar refractivity (Wildman–Crippen MR) is 131 cm³/mol. The van der Waals surface area contributed by atoms with Gasteiger partial charge in [0.2, 0.25) is 5.82 Å². The topological polar surface area (TPSA) is 168 Å². The molecule has 17 heteroatoms. The van der Waals surface area contributed by atoms with Gasteiger partial charge in [-0.2, -0.15) is 13.2 Å². The number of sulfone groups is 1. The monoisotopic (exact) mass is 585 g/mol. The molecular formula is C22H19ClF3N7O5S. The van der Waals surface area contributed by atoms with E-state index < -0.39 is 52.6 Å². The van der Waals surface area contributed by atoms with E-state index in [1.807, 2.05) is 0 Å². The van der Waals surface area contributed by atoms with E-state index in [0.29, 0.717) is 9.59 Å². The Hall–Kier alpha value is -4.02. The van der Waals surface area contributed by atoms with E-state index in [4.69, 9.17) is 17.3 Å². The largest absolute Gasteiger partial charge is 0.416 e. The second-order valence-corrected chi connectivity index (χ2v) is 10.7. The summed E-state index contributed by atoms with van der Waals surface area (Å²) in [5.74, 6) is -1.96. The van der Waals surface area contributed by atoms with Crippen LogP contribution in [0.2, 0.25) is 5.02 Å². The Labute approximate surface area is 223 Å². The van der Waals surface area contributed by atoms with Crippen molar-refractivity contribution in [3.8, 4) is 17.1 Å². The molecular weight excluding hydrogens is 567 g/mol. The summed E-state index contributed by atoms with van der Waals surface area (Å²) in [7, 11) is -3.78. The van der Waals surface area contributed by atoms with Crippen molar-refractivity contribution < 1.29 is 31.5 Å². The molecule has 0 saturated heterocycles. The van der Waals surface area contributed by atoms with Gasteiger partial charge in [0.25, 0.3) is 5.91 Å². The fourth-order valence-electron chi connectivity index (χ4n) is 3.63. The third-order valence-electron chi connectivity index (χ3n) is 5.41. The number of hydrogen-bond acceptors (Lipinski definition) is 8. The molecule has 0 fully saturated rings. The summed E-state index contributed by atoms with van der Waals surface area (Å²) in [6.07, 6.45) is -6.93. The van der Waals surface area contributed by atoms with E-state index in [1.54, 1.807) is 0 Å². The first-order valence-electron chi connectivity index (χ1n) is 10.9. The molecule has 0 radical (unpaired) electrons. The number of rotatable bonds is 8. The van der Waals surface area contributed by atoms with E-state index in [0.717, 1.165) is 15.6 Å². The molecule has 39 heavy (non-hydrogen) atoms. The number of aliphatic hydroxyl groups is 1. The third kappa shape index (κ3) is 5.86. The fourth-order valence-corrected chi connectivity index (χ4v) is 4.61. The standard InChI is InChI=1S/C22H19ClF3N7O5S/c1-39(37,38)15-5-3-2-4-14(15)33-20(18(27)35)28-17(29-33)11-32-21(36)31(10-16(34)22(24,25)26)19(30-32)12-6-8-13(23)9-7-12/h2-9,16,34H,10-11H2,1H3,(H2,27,35)/t16-/m0/s1. The number of alkyl halides is 3. The lowest BCUT2D eigenvalue weighted by Gasteiger charge is -2.15. The molecule has 0 aliphatic carbocycles. The number of aromatic nitrogens is 6. The second-order valence-electron chi connectivity index (χ2n) is 8.31. The van der Waals surface area contributed by atoms with Gasteiger partial charge in [-0.25, -0.2) is 27.6 Å². The van der Waals surface area contributed by atoms with Crippen LogP contribution in [0.15, 0.2) is 58.2 Å². The summed E-state index contributed by atoms with van der Waals surface area (Å²) in [4.78, 5) is 29.0. The van der Waals surface area contributed by atoms with Crippen molar-refractivity contribution in [3.63, 3.8) is 0 Å². The van der Waals surface area contributed by atoms with E-state index in [-0.39, 0.29) is 27.8 Å². The maximum Gasteiger partial charge on any atom is 0.416 e. The molecule has 1 atom stereocenters. The molecule has 12 nitrogen and oxygen atoms in total. The van der Waals surface area contributed by atoms with Gasteiger partial charge in [-0.15, -0.1) is 10.2 Å². The quantitative estimate of drug-likeness (QED) is 0.313. The van der Waals surface area contributed by atoms with Crippen LogP contribution in [-0.2, 0) is 22.9 Å². The number of hydrogen-bond donors (Lipinski definition) is 2. The Balaban J connectivity index is 1.82. The second kappa shape index (κ2) is 10.3. The highest BCUT2D eigenvalue weighted by Crippen LogP contribution is 2.24. The van der Waals surface area contributed by atoms with E-state index >= 15 is 0 Å². The molecule has 2 aromatic carbocycles. The van der Waals surface area contributed by atoms with Crippen LogP contribution < -0.4 is 11.4 Å². The highest BCUT2D eigenvalue weighted by molar-refractivity contribution is 7.90. The van der Waals surface area contributed by atoms with Crippen LogP contribution >= 0.6 is 11.6 Å². The van der Waals surface area contributed by atoms with Gasteiger partial charge in [0.05, 0.1) is 17.1 Å². The number of amides is 1. The molecule has 0 aliphatic heterocycles. The molecule has 0 saturated carbocycles. The van der Waals surface area contributed by atoms with Crippen molar-refractivity contribution in [2.45, 2.75) is 30.3 Å². The van der Waals surface area contributed by atoms with Crippen molar-refractivity contribution in [2.24, 2.45) is 5.73 Å². The first kappa shape index (κ1) is 28.0. The SMILES string of the molecule is CS(=O)(=O)c1ccccc1-n1nc(Cn2nc(-c3ccc(Cl)cc3)n(C[C@H](O)C(F)(F)F)c2=O)nc1C(N)=O. The number of benzene rings is 2. The number of carbonyl (C=O) groups excluding carboxylic acids is 1. The number of halogens is 4. The molecule has 0 unspecified atom stereocenters. The Morgan fingerprint density at radius 2 is 1.77 bits per heavy atom. The van der Waals surface area contributed by atoms with E-state index in [9.17, 15) is 36.3 Å². The van der Waals surface area contributed by atoms with Gasteiger partial charge in [0, 0.05) is 16.8 Å². The van der Waals surface area contributed by atoms with Crippen molar-refractivity contribution in [3.05, 3.63) is 75.7 Å². The molecule has 2 heterocycles. The maximum absolute atomic E-state index is 13.1. The van der Waals surface area contributed by atoms with Crippen molar-refractivity contribution in [1.29, 1.82) is 0 Å². The molecule has 0 spiro atoms. The molecule has 4 rings (SSSR count). The number of carbonyl (C=O) groups is 1. The molecule has 1 amide bonds. The van der Waals surface area contributed by atoms with Gasteiger partial charge in [-0.1, -0.05) is 23.7 Å². The van der Waals surface area contributed by atoms with Gasteiger partial charge in [0.1, 0.15) is 6.54 Å². The number of nitrogens with zero attached hydrogens (tertiary/aromatic N) is 6. The number of nitrogens with two attached hydrogens (primary N) is 1. The Bertz CT molecular complexity index is 1710. The number of aliphatic hydroxyl groups excluding tert-OH is 1. The lowest BCUT2D eigenvalue weighted by molar-refractivity contribution is -0.207. The zero-order valence-corrected chi connectivity index (χ0v) is 21.4. The normalized spacial score (nSPS) is 13.0. The third-order valence-corrected chi connectivity index (χ3v) is 6.81. The van der Waals surface area contributed by atoms with Crippen LogP contribution in [0.5, 0.6) is 0 Å². The average molecular weight is 586 g/mol. The van der Waals surface area contributed by atoms with Crippen LogP contribution in [0.4, 0.5) is 13.2 Å². The highest BCUT2D eigenvalue weighted by Gasteiger charge is 2.39. The zero-order chi connectivity index (χ0) is 28.7. The molecule has 0 bridgehead atoms. The number of para-hydroxylation sites is 1. The van der Waals surface area contributed by atoms with Gasteiger partial charge in [-0.05, 0) is 36.4 Å². The summed E-state index contributed by atoms with van der Waals surface area (Å²) in [5.41, 5.74) is 4.55. The average Bonchev–Trinajstić information content (AvgIpc) is 3.41. The Morgan fingerprint density at radius 1 is 1.13 bits per heavy atom. The zero-order valence-electron chi connectivity index (χ0n) is 19.9. The minimum absolute atomic E-state index is 0.0411. The molecule has 2 aromatic heterocycles. The first-order valence-corrected chi connectivity index (χ1v) is 13.2. The lowest BCUT2D eigenvalue weighted by atomic mass is 10.2. The summed E-state index contributed by atoms with van der Waals surface area (Å²) in [6.45, 7) is -1.70. The summed E-state index contributed by atoms with van der Waals surface area (Å²) in [5, 5.41) is 18.2. The Morgan fingerprint density at radius 3 is 2.36 bits per heavy atom. The molecule has 3 N–H and O–H groups in total. The van der Waals surface area contributed by atoms with Crippen LogP contribution in [0.3, 0.4) is 0 Å². The summed E-state index contributed by atoms with van der Waals surface area (Å²) < 4.78 is 66.0. The lowest BCUT2D eigenvalue weighted by Crippen LogP contribution is -2.37. The smallest absolute Gasteiger partial charge is 0.382 e. The van der Waals surface area contributed by atoms with Gasteiger partial charge < -0.3 is 10.8 Å². The fraction of sp³-hybridized carbons (Fsp3) is 0.227. The van der Waals surface area contributed by atoms with Crippen LogP contribution in [0, 0.1) is 0 Å². The van der Waals surface area contributed by atoms with Crippen molar-refractivity contribution in [2.75, 3.05) is 6.26 Å². The minimum Gasteiger partial charge on any atom is -0.382 e. The van der Waals surface area contributed by atoms with Gasteiger partial charge >= 0.3 is 11.9 Å². The minimum atomic E-state index is -5.01. The predicted octanol–water partition coefficient (Wildman–Crippen LogP) is 1.42. The molecule has 0 aliphatic rings. The summed E-state index contributed by atoms with van der Waals surface area (Å²) in [6, 6.07) is 11.3. The summed E-state index contributed by atoms with van der Waals surface area (Å²) >= 11 is 5.88. The first-order chi connectivity index (χ1) is 18.2. The number of primary amides is 1. The van der Waals surface area contributed by atoms with Crippen molar-refractivity contribution >= 4 is 27.3 Å². The van der Waals surface area contributed by atoms with Crippen LogP contribution in [0.25, 0.3) is 17.1 Å². The van der Waals surface area contributed by atoms with Crippen LogP contribution in [-0.4, -0.2) is 67.1 Å². The van der Waals surface area contributed by atoms with Gasteiger partial charge in [0.15, 0.2) is 27.6 Å². The Kier molecular flexibility index (Phi) is 7.38. The van der Waals surface area contributed by atoms with Crippen LogP contribution in [0.1, 0.15) is 16.4 Å². The molecule has 4 aromatic rings. The molecule has 206 valence electrons. The van der Waals surface area contributed by atoms with Crippen molar-refractivity contribution in [1.82, 2.24) is 29.1 Å².